The van der Waals surface area contributed by atoms with Gasteiger partial charge in [0.2, 0.25) is 11.8 Å². The summed E-state index contributed by atoms with van der Waals surface area (Å²) in [5, 5.41) is -0.444. The van der Waals surface area contributed by atoms with Crippen LogP contribution in [0.1, 0.15) is 34.1 Å². The molecule has 14 heavy (non-hydrogen) atoms. The molecule has 80 valence electrons. The lowest BCUT2D eigenvalue weighted by Gasteiger charge is -2.37. The summed E-state index contributed by atoms with van der Waals surface area (Å²) >= 11 is 4.09. The van der Waals surface area contributed by atoms with Gasteiger partial charge in [-0.2, -0.15) is 12.6 Å². The van der Waals surface area contributed by atoms with E-state index in [1.54, 1.807) is 0 Å². The fraction of sp³-hybridized carbons (Fsp3) is 0.800. The van der Waals surface area contributed by atoms with Crippen LogP contribution in [-0.4, -0.2) is 27.5 Å². The Kier molecular flexibility index (Phi) is 2.95. The molecule has 0 aromatic heterocycles. The molecular formula is C10H17NO2S. The molecular weight excluding hydrogens is 198 g/mol. The van der Waals surface area contributed by atoms with Crippen LogP contribution < -0.4 is 0 Å². The van der Waals surface area contributed by atoms with E-state index in [4.69, 9.17) is 0 Å². The third-order valence-corrected chi connectivity index (χ3v) is 3.52. The van der Waals surface area contributed by atoms with Crippen molar-refractivity contribution in [1.82, 2.24) is 4.90 Å². The summed E-state index contributed by atoms with van der Waals surface area (Å²) < 4.78 is 0. The molecule has 0 radical (unpaired) electrons. The zero-order valence-electron chi connectivity index (χ0n) is 9.07. The second-order valence-electron chi connectivity index (χ2n) is 4.60. The first kappa shape index (κ1) is 11.6. The maximum atomic E-state index is 11.7. The minimum absolute atomic E-state index is 0.103. The molecule has 2 amide bonds. The Bertz CT molecular complexity index is 273. The van der Waals surface area contributed by atoms with Crippen LogP contribution in [0.3, 0.4) is 0 Å². The Labute approximate surface area is 90.3 Å². The van der Waals surface area contributed by atoms with Crippen LogP contribution in [0.5, 0.6) is 0 Å². The van der Waals surface area contributed by atoms with E-state index in [1.165, 1.54) is 4.90 Å². The molecule has 0 saturated carbocycles. The van der Waals surface area contributed by atoms with Gasteiger partial charge in [0.05, 0.1) is 5.25 Å². The van der Waals surface area contributed by atoms with E-state index in [0.29, 0.717) is 0 Å². The van der Waals surface area contributed by atoms with Gasteiger partial charge >= 0.3 is 0 Å². The average Bonchev–Trinajstić information content (AvgIpc) is 2.26. The van der Waals surface area contributed by atoms with Crippen molar-refractivity contribution in [2.75, 3.05) is 0 Å². The number of amides is 2. The van der Waals surface area contributed by atoms with Crippen molar-refractivity contribution in [3.8, 4) is 0 Å². The fourth-order valence-corrected chi connectivity index (χ4v) is 1.75. The highest BCUT2D eigenvalue weighted by Gasteiger charge is 2.45. The van der Waals surface area contributed by atoms with E-state index >= 15 is 0 Å². The lowest BCUT2D eigenvalue weighted by atomic mass is 9.89. The topological polar surface area (TPSA) is 37.4 Å². The molecule has 1 fully saturated rings. The molecule has 0 spiro atoms. The first-order valence-electron chi connectivity index (χ1n) is 4.83. The number of hydrogen-bond donors (Lipinski definition) is 1. The van der Waals surface area contributed by atoms with Crippen LogP contribution in [0.25, 0.3) is 0 Å². The Morgan fingerprint density at radius 1 is 1.43 bits per heavy atom. The maximum absolute atomic E-state index is 11.7. The number of carbonyl (C=O) groups is 2. The SMILES string of the molecule is CC(C)C(C)(C)N1C(=O)CC(S)C1=O. The first-order valence-corrected chi connectivity index (χ1v) is 5.35. The third kappa shape index (κ3) is 1.67. The molecule has 0 aliphatic carbocycles. The molecule has 0 N–H and O–H groups in total. The Morgan fingerprint density at radius 2 is 1.93 bits per heavy atom. The predicted octanol–water partition coefficient (Wildman–Crippen LogP) is 1.48. The summed E-state index contributed by atoms with van der Waals surface area (Å²) in [7, 11) is 0. The highest BCUT2D eigenvalue weighted by molar-refractivity contribution is 7.81. The van der Waals surface area contributed by atoms with Gasteiger partial charge in [-0.15, -0.1) is 0 Å². The standard InChI is InChI=1S/C10H17NO2S/c1-6(2)10(3,4)11-8(12)5-7(14)9(11)13/h6-7,14H,5H2,1-4H3. The minimum Gasteiger partial charge on any atom is -0.276 e. The van der Waals surface area contributed by atoms with Crippen molar-refractivity contribution in [2.24, 2.45) is 5.92 Å². The summed E-state index contributed by atoms with van der Waals surface area (Å²) in [5.74, 6) is -0.0141. The van der Waals surface area contributed by atoms with Crippen molar-refractivity contribution in [3.63, 3.8) is 0 Å². The van der Waals surface area contributed by atoms with Gasteiger partial charge < -0.3 is 0 Å². The summed E-state index contributed by atoms with van der Waals surface area (Å²) in [5.41, 5.74) is -0.411. The van der Waals surface area contributed by atoms with Crippen molar-refractivity contribution in [1.29, 1.82) is 0 Å². The van der Waals surface area contributed by atoms with Crippen molar-refractivity contribution in [2.45, 2.75) is 44.9 Å². The van der Waals surface area contributed by atoms with Crippen LogP contribution in [0.4, 0.5) is 0 Å². The van der Waals surface area contributed by atoms with Gasteiger partial charge in [0, 0.05) is 12.0 Å². The van der Waals surface area contributed by atoms with Crippen LogP contribution in [-0.2, 0) is 9.59 Å². The number of thiol groups is 1. The largest absolute Gasteiger partial charge is 0.276 e. The summed E-state index contributed by atoms with van der Waals surface area (Å²) in [6.45, 7) is 7.84. The quantitative estimate of drug-likeness (QED) is 0.559. The molecule has 4 heteroatoms. The van der Waals surface area contributed by atoms with E-state index in [-0.39, 0.29) is 24.2 Å². The molecule has 1 rings (SSSR count). The van der Waals surface area contributed by atoms with Crippen molar-refractivity contribution >= 4 is 24.4 Å². The monoisotopic (exact) mass is 215 g/mol. The van der Waals surface area contributed by atoms with Gasteiger partial charge in [0.15, 0.2) is 0 Å². The lowest BCUT2D eigenvalue weighted by molar-refractivity contribution is -0.146. The Balaban J connectivity index is 2.98. The normalized spacial score (nSPS) is 23.9. The second kappa shape index (κ2) is 3.57. The van der Waals surface area contributed by atoms with Gasteiger partial charge in [-0.3, -0.25) is 14.5 Å². The number of imide groups is 1. The van der Waals surface area contributed by atoms with Crippen LogP contribution in [0.2, 0.25) is 0 Å². The van der Waals surface area contributed by atoms with Gasteiger partial charge in [-0.05, 0) is 19.8 Å². The summed E-state index contributed by atoms with van der Waals surface area (Å²) in [6, 6.07) is 0. The molecule has 1 heterocycles. The number of carbonyl (C=O) groups excluding carboxylic acids is 2. The molecule has 0 aromatic rings. The zero-order valence-corrected chi connectivity index (χ0v) is 9.97. The molecule has 1 aliphatic rings. The smallest absolute Gasteiger partial charge is 0.243 e. The van der Waals surface area contributed by atoms with Crippen LogP contribution >= 0.6 is 12.6 Å². The van der Waals surface area contributed by atoms with E-state index in [1.807, 2.05) is 27.7 Å². The van der Waals surface area contributed by atoms with Gasteiger partial charge in [0.25, 0.3) is 0 Å². The van der Waals surface area contributed by atoms with Crippen molar-refractivity contribution < 1.29 is 9.59 Å². The number of hydrogen-bond acceptors (Lipinski definition) is 3. The second-order valence-corrected chi connectivity index (χ2v) is 5.22. The molecule has 0 aromatic carbocycles. The summed E-state index contributed by atoms with van der Waals surface area (Å²) in [6.07, 6.45) is 0.234. The number of likely N-dealkylation sites (tertiary alicyclic amines) is 1. The van der Waals surface area contributed by atoms with Crippen LogP contribution in [0, 0.1) is 5.92 Å². The average molecular weight is 215 g/mol. The first-order chi connectivity index (χ1) is 6.28. The van der Waals surface area contributed by atoms with Crippen molar-refractivity contribution in [3.05, 3.63) is 0 Å². The zero-order chi connectivity index (χ0) is 11.1. The molecule has 1 aliphatic heterocycles. The van der Waals surface area contributed by atoms with E-state index in [0.717, 1.165) is 0 Å². The lowest BCUT2D eigenvalue weighted by Crippen LogP contribution is -2.51. The fourth-order valence-electron chi connectivity index (χ4n) is 1.48. The Hall–Kier alpha value is -0.510. The van der Waals surface area contributed by atoms with Crippen LogP contribution in [0.15, 0.2) is 0 Å². The molecule has 1 saturated heterocycles. The summed E-state index contributed by atoms with van der Waals surface area (Å²) in [4.78, 5) is 24.7. The third-order valence-electron chi connectivity index (χ3n) is 3.11. The maximum Gasteiger partial charge on any atom is 0.243 e. The number of nitrogens with zero attached hydrogens (tertiary/aromatic N) is 1. The van der Waals surface area contributed by atoms with Gasteiger partial charge in [-0.25, -0.2) is 0 Å². The number of rotatable bonds is 2. The Morgan fingerprint density at radius 3 is 2.21 bits per heavy atom. The highest BCUT2D eigenvalue weighted by Crippen LogP contribution is 2.31. The molecule has 1 atom stereocenters. The molecule has 3 nitrogen and oxygen atoms in total. The predicted molar refractivity (Wildman–Crippen MR) is 58.2 cm³/mol. The van der Waals surface area contributed by atoms with E-state index in [2.05, 4.69) is 12.6 Å². The van der Waals surface area contributed by atoms with E-state index < -0.39 is 10.8 Å². The van der Waals surface area contributed by atoms with E-state index in [9.17, 15) is 9.59 Å². The van der Waals surface area contributed by atoms with Gasteiger partial charge in [0.1, 0.15) is 0 Å². The molecule has 1 unspecified atom stereocenters. The molecule has 0 bridgehead atoms. The minimum atomic E-state index is -0.444. The highest BCUT2D eigenvalue weighted by atomic mass is 32.1. The van der Waals surface area contributed by atoms with Gasteiger partial charge in [-0.1, -0.05) is 13.8 Å².